The molecule has 1 aromatic heterocycles. The molecule has 0 aliphatic rings. The van der Waals surface area contributed by atoms with Gasteiger partial charge in [0.1, 0.15) is 16.9 Å². The van der Waals surface area contributed by atoms with E-state index in [0.29, 0.717) is 30.3 Å². The predicted molar refractivity (Wildman–Crippen MR) is 175 cm³/mol. The number of carbonyl (C=O) groups is 2. The number of aromatic nitrogens is 1. The molecule has 0 unspecified atom stereocenters. The van der Waals surface area contributed by atoms with E-state index in [1.807, 2.05) is 64.1 Å². The number of benzene rings is 3. The zero-order valence-electron chi connectivity index (χ0n) is 27.2. The van der Waals surface area contributed by atoms with Crippen molar-refractivity contribution in [3.05, 3.63) is 94.3 Å². The standard InChI is InChI=1S/C37H44N2O5/c1-23(2)19-32-31(22-38-36(41)44-37(5,6)7)34(26-15-13-24(3)14-16-26)29(25(4)39-32)17-18-43-33-21-28-12-10-9-11-27(28)20-30(33)35(40)42-8/h9-16,20-21,23H,17-19,22H2,1-8H3,(H,38,41). The summed E-state index contributed by atoms with van der Waals surface area (Å²) in [5.41, 5.74) is 6.88. The van der Waals surface area contributed by atoms with Gasteiger partial charge in [-0.3, -0.25) is 4.98 Å². The summed E-state index contributed by atoms with van der Waals surface area (Å²) < 4.78 is 16.9. The van der Waals surface area contributed by atoms with Crippen LogP contribution in [0, 0.1) is 19.8 Å². The minimum atomic E-state index is -0.607. The quantitative estimate of drug-likeness (QED) is 0.186. The van der Waals surface area contributed by atoms with E-state index in [-0.39, 0.29) is 6.54 Å². The van der Waals surface area contributed by atoms with Crippen molar-refractivity contribution in [2.75, 3.05) is 13.7 Å². The summed E-state index contributed by atoms with van der Waals surface area (Å²) >= 11 is 0. The van der Waals surface area contributed by atoms with E-state index in [1.54, 1.807) is 0 Å². The number of nitrogens with zero attached hydrogens (tertiary/aromatic N) is 1. The van der Waals surface area contributed by atoms with Gasteiger partial charge in [-0.05, 0) is 86.6 Å². The molecule has 0 aliphatic carbocycles. The van der Waals surface area contributed by atoms with Crippen molar-refractivity contribution in [3.63, 3.8) is 0 Å². The lowest BCUT2D eigenvalue weighted by molar-refractivity contribution is 0.0522. The normalized spacial score (nSPS) is 11.5. The van der Waals surface area contributed by atoms with E-state index < -0.39 is 17.7 Å². The molecule has 0 aliphatic heterocycles. The van der Waals surface area contributed by atoms with Crippen LogP contribution >= 0.6 is 0 Å². The molecule has 0 radical (unpaired) electrons. The molecule has 3 aromatic carbocycles. The Morgan fingerprint density at radius 1 is 0.932 bits per heavy atom. The molecular formula is C37H44N2O5. The van der Waals surface area contributed by atoms with E-state index >= 15 is 0 Å². The lowest BCUT2D eigenvalue weighted by atomic mass is 9.88. The SMILES string of the molecule is COC(=O)c1cc2ccccc2cc1OCCc1c(C)nc(CC(C)C)c(CNC(=O)OC(C)(C)C)c1-c1ccc(C)cc1. The summed E-state index contributed by atoms with van der Waals surface area (Å²) in [5.74, 6) is 0.394. The number of hydrogen-bond donors (Lipinski definition) is 1. The third-order valence-electron chi connectivity index (χ3n) is 7.30. The fourth-order valence-corrected chi connectivity index (χ4v) is 5.31. The number of ether oxygens (including phenoxy) is 3. The highest BCUT2D eigenvalue weighted by Gasteiger charge is 2.23. The molecule has 4 rings (SSSR count). The minimum Gasteiger partial charge on any atom is -0.492 e. The maximum atomic E-state index is 12.7. The number of methoxy groups -OCH3 is 1. The third-order valence-corrected chi connectivity index (χ3v) is 7.30. The van der Waals surface area contributed by atoms with Gasteiger partial charge < -0.3 is 19.5 Å². The van der Waals surface area contributed by atoms with Crippen LogP contribution in [-0.4, -0.2) is 36.4 Å². The topological polar surface area (TPSA) is 86.8 Å². The lowest BCUT2D eigenvalue weighted by Gasteiger charge is -2.24. The van der Waals surface area contributed by atoms with Crippen LogP contribution in [-0.2, 0) is 28.9 Å². The minimum absolute atomic E-state index is 0.276. The van der Waals surface area contributed by atoms with E-state index in [0.717, 1.165) is 56.4 Å². The summed E-state index contributed by atoms with van der Waals surface area (Å²) in [5, 5.41) is 4.89. The van der Waals surface area contributed by atoms with Crippen molar-refractivity contribution >= 4 is 22.8 Å². The molecule has 0 fully saturated rings. The van der Waals surface area contributed by atoms with Crippen LogP contribution < -0.4 is 10.1 Å². The molecule has 44 heavy (non-hydrogen) atoms. The van der Waals surface area contributed by atoms with Crippen molar-refractivity contribution in [1.82, 2.24) is 10.3 Å². The van der Waals surface area contributed by atoms with E-state index in [4.69, 9.17) is 19.2 Å². The molecule has 232 valence electrons. The third kappa shape index (κ3) is 8.16. The van der Waals surface area contributed by atoms with E-state index in [9.17, 15) is 9.59 Å². The number of esters is 1. The lowest BCUT2D eigenvalue weighted by Crippen LogP contribution is -2.32. The average molecular weight is 597 g/mol. The largest absolute Gasteiger partial charge is 0.492 e. The Bertz CT molecular complexity index is 1640. The number of amides is 1. The first-order valence-corrected chi connectivity index (χ1v) is 15.1. The number of nitrogens with one attached hydrogen (secondary N) is 1. The Labute approximate surface area is 260 Å². The summed E-state index contributed by atoms with van der Waals surface area (Å²) in [6.07, 6.45) is 0.832. The Morgan fingerprint density at radius 2 is 1.59 bits per heavy atom. The molecule has 1 N–H and O–H groups in total. The predicted octanol–water partition coefficient (Wildman–Crippen LogP) is 8.15. The summed E-state index contributed by atoms with van der Waals surface area (Å²) in [4.78, 5) is 30.5. The first-order chi connectivity index (χ1) is 20.9. The van der Waals surface area contributed by atoms with Crippen LogP contribution in [0.15, 0.2) is 60.7 Å². The zero-order chi connectivity index (χ0) is 32.0. The van der Waals surface area contributed by atoms with Crippen LogP contribution in [0.3, 0.4) is 0 Å². The fourth-order valence-electron chi connectivity index (χ4n) is 5.31. The highest BCUT2D eigenvalue weighted by Crippen LogP contribution is 2.34. The van der Waals surface area contributed by atoms with Crippen LogP contribution in [0.1, 0.15) is 73.1 Å². The number of fused-ring (bicyclic) bond motifs is 1. The highest BCUT2D eigenvalue weighted by atomic mass is 16.6. The molecule has 0 saturated heterocycles. The second-order valence-electron chi connectivity index (χ2n) is 12.6. The number of aryl methyl sites for hydroxylation is 2. The second-order valence-corrected chi connectivity index (χ2v) is 12.6. The molecule has 0 spiro atoms. The van der Waals surface area contributed by atoms with Crippen molar-refractivity contribution in [1.29, 1.82) is 0 Å². The number of hydrogen-bond acceptors (Lipinski definition) is 6. The number of rotatable bonds is 10. The van der Waals surface area contributed by atoms with Gasteiger partial charge in [0, 0.05) is 29.9 Å². The monoisotopic (exact) mass is 596 g/mol. The Kier molecular flexibility index (Phi) is 10.3. The maximum Gasteiger partial charge on any atom is 0.407 e. The van der Waals surface area contributed by atoms with Gasteiger partial charge in [-0.25, -0.2) is 9.59 Å². The van der Waals surface area contributed by atoms with Crippen LogP contribution in [0.5, 0.6) is 5.75 Å². The van der Waals surface area contributed by atoms with Crippen molar-refractivity contribution in [3.8, 4) is 16.9 Å². The molecule has 7 heteroatoms. The maximum absolute atomic E-state index is 12.7. The van der Waals surface area contributed by atoms with Crippen molar-refractivity contribution < 1.29 is 23.8 Å². The molecule has 4 aromatic rings. The molecule has 0 atom stereocenters. The van der Waals surface area contributed by atoms with Gasteiger partial charge in [-0.2, -0.15) is 0 Å². The first kappa shape index (κ1) is 32.5. The summed E-state index contributed by atoms with van der Waals surface area (Å²) in [6.45, 7) is 14.6. The highest BCUT2D eigenvalue weighted by molar-refractivity contribution is 5.98. The van der Waals surface area contributed by atoms with E-state index in [2.05, 4.69) is 50.4 Å². The van der Waals surface area contributed by atoms with Gasteiger partial charge in [0.2, 0.25) is 0 Å². The smallest absolute Gasteiger partial charge is 0.407 e. The van der Waals surface area contributed by atoms with Gasteiger partial charge >= 0.3 is 12.1 Å². The van der Waals surface area contributed by atoms with Gasteiger partial charge in [0.25, 0.3) is 0 Å². The van der Waals surface area contributed by atoms with E-state index in [1.165, 1.54) is 7.11 Å². The fraction of sp³-hybridized carbons (Fsp3) is 0.378. The molecule has 1 heterocycles. The number of alkyl carbamates (subject to hydrolysis) is 1. The van der Waals surface area contributed by atoms with Crippen LogP contribution in [0.2, 0.25) is 0 Å². The Morgan fingerprint density at radius 3 is 2.20 bits per heavy atom. The molecule has 0 bridgehead atoms. The number of pyridine rings is 1. The first-order valence-electron chi connectivity index (χ1n) is 15.1. The second kappa shape index (κ2) is 13.9. The van der Waals surface area contributed by atoms with Crippen LogP contribution in [0.4, 0.5) is 4.79 Å². The number of carbonyl (C=O) groups excluding carboxylic acids is 2. The summed E-state index contributed by atoms with van der Waals surface area (Å²) in [7, 11) is 1.37. The Hall–Kier alpha value is -4.39. The van der Waals surface area contributed by atoms with Gasteiger partial charge in [-0.15, -0.1) is 0 Å². The summed E-state index contributed by atoms with van der Waals surface area (Å²) in [6, 6.07) is 19.9. The zero-order valence-corrected chi connectivity index (χ0v) is 27.2. The Balaban J connectivity index is 1.75. The van der Waals surface area contributed by atoms with Gasteiger partial charge in [0.15, 0.2) is 0 Å². The molecular weight excluding hydrogens is 552 g/mol. The average Bonchev–Trinajstić information content (AvgIpc) is 2.96. The molecule has 7 nitrogen and oxygen atoms in total. The van der Waals surface area contributed by atoms with Crippen molar-refractivity contribution in [2.45, 2.75) is 73.5 Å². The molecule has 1 amide bonds. The van der Waals surface area contributed by atoms with Gasteiger partial charge in [-0.1, -0.05) is 67.9 Å². The molecule has 0 saturated carbocycles. The van der Waals surface area contributed by atoms with Gasteiger partial charge in [0.05, 0.1) is 13.7 Å². The van der Waals surface area contributed by atoms with Crippen LogP contribution in [0.25, 0.3) is 21.9 Å². The van der Waals surface area contributed by atoms with Crippen molar-refractivity contribution in [2.24, 2.45) is 5.92 Å².